The van der Waals surface area contributed by atoms with Crippen LogP contribution in [0.4, 0.5) is 0 Å². The highest BCUT2D eigenvalue weighted by atomic mass is 28.4. The van der Waals surface area contributed by atoms with Crippen LogP contribution in [0.3, 0.4) is 0 Å². The predicted molar refractivity (Wildman–Crippen MR) is 53.4 cm³/mol. The van der Waals surface area contributed by atoms with E-state index in [1.807, 2.05) is 0 Å². The first-order valence-corrected chi connectivity index (χ1v) is 7.95. The molecule has 0 heterocycles. The zero-order chi connectivity index (χ0) is 9.61. The van der Waals surface area contributed by atoms with Gasteiger partial charge in [0, 0.05) is 0 Å². The number of rotatable bonds is 5. The van der Waals surface area contributed by atoms with E-state index in [-0.39, 0.29) is 6.10 Å². The fourth-order valence-corrected chi connectivity index (χ4v) is 2.33. The maximum atomic E-state index is 8.55. The second-order valence-electron chi connectivity index (χ2n) is 4.00. The van der Waals surface area contributed by atoms with Crippen molar-refractivity contribution < 1.29 is 4.43 Å². The van der Waals surface area contributed by atoms with E-state index in [0.29, 0.717) is 6.42 Å². The van der Waals surface area contributed by atoms with Gasteiger partial charge in [0.05, 0.1) is 18.6 Å². The summed E-state index contributed by atoms with van der Waals surface area (Å²) < 4.78 is 5.83. The third-order valence-electron chi connectivity index (χ3n) is 1.45. The summed E-state index contributed by atoms with van der Waals surface area (Å²) in [7, 11) is -1.45. The van der Waals surface area contributed by atoms with Gasteiger partial charge in [-0.2, -0.15) is 5.26 Å². The molecule has 0 rings (SSSR count). The summed E-state index contributed by atoms with van der Waals surface area (Å²) >= 11 is 0. The van der Waals surface area contributed by atoms with Crippen LogP contribution in [0.2, 0.25) is 19.6 Å². The van der Waals surface area contributed by atoms with Gasteiger partial charge in [0.1, 0.15) is 0 Å². The van der Waals surface area contributed by atoms with Gasteiger partial charge in [-0.25, -0.2) is 0 Å². The Labute approximate surface area is 76.7 Å². The average molecular weight is 185 g/mol. The van der Waals surface area contributed by atoms with E-state index in [4.69, 9.17) is 9.69 Å². The van der Waals surface area contributed by atoms with Gasteiger partial charge < -0.3 is 4.43 Å². The summed E-state index contributed by atoms with van der Waals surface area (Å²) in [5.41, 5.74) is 0. The number of nitrogens with zero attached hydrogens (tertiary/aromatic N) is 1. The Morgan fingerprint density at radius 1 is 1.42 bits per heavy atom. The fraction of sp³-hybridized carbons (Fsp3) is 0.889. The van der Waals surface area contributed by atoms with Crippen molar-refractivity contribution in [3.8, 4) is 6.07 Å². The van der Waals surface area contributed by atoms with Crippen molar-refractivity contribution in [2.75, 3.05) is 0 Å². The minimum atomic E-state index is -1.45. The fourth-order valence-electron chi connectivity index (χ4n) is 1.13. The van der Waals surface area contributed by atoms with Gasteiger partial charge in [-0.3, -0.25) is 0 Å². The lowest BCUT2D eigenvalue weighted by molar-refractivity contribution is 0.187. The SMILES string of the molecule is CCCC(CC#N)O[Si](C)(C)C. The molecule has 0 aromatic heterocycles. The van der Waals surface area contributed by atoms with Gasteiger partial charge in [-0.15, -0.1) is 0 Å². The molecular weight excluding hydrogens is 166 g/mol. The smallest absolute Gasteiger partial charge is 0.184 e. The Hall–Kier alpha value is -0.333. The molecule has 1 unspecified atom stereocenters. The average Bonchev–Trinajstić information content (AvgIpc) is 1.84. The maximum absolute atomic E-state index is 8.55. The first-order valence-electron chi connectivity index (χ1n) is 4.54. The van der Waals surface area contributed by atoms with Gasteiger partial charge in [0.15, 0.2) is 8.32 Å². The summed E-state index contributed by atoms with van der Waals surface area (Å²) in [5.74, 6) is 0. The first-order chi connectivity index (χ1) is 5.49. The molecule has 0 aromatic carbocycles. The standard InChI is InChI=1S/C9H19NOSi/c1-5-6-9(7-8-10)11-12(2,3)4/h9H,5-7H2,1-4H3. The normalized spacial score (nSPS) is 13.9. The lowest BCUT2D eigenvalue weighted by Gasteiger charge is -2.24. The van der Waals surface area contributed by atoms with Crippen LogP contribution in [-0.2, 0) is 4.43 Å². The number of nitriles is 1. The number of hydrogen-bond donors (Lipinski definition) is 0. The zero-order valence-corrected chi connectivity index (χ0v) is 9.55. The minimum Gasteiger partial charge on any atom is -0.414 e. The molecule has 0 saturated carbocycles. The van der Waals surface area contributed by atoms with Crippen LogP contribution in [0.1, 0.15) is 26.2 Å². The Morgan fingerprint density at radius 2 is 2.00 bits per heavy atom. The van der Waals surface area contributed by atoms with Crippen LogP contribution in [-0.4, -0.2) is 14.4 Å². The molecule has 0 amide bonds. The van der Waals surface area contributed by atoms with Crippen molar-refractivity contribution in [3.63, 3.8) is 0 Å². The highest BCUT2D eigenvalue weighted by molar-refractivity contribution is 6.69. The van der Waals surface area contributed by atoms with Crippen LogP contribution < -0.4 is 0 Å². The van der Waals surface area contributed by atoms with E-state index < -0.39 is 8.32 Å². The molecule has 12 heavy (non-hydrogen) atoms. The highest BCUT2D eigenvalue weighted by Gasteiger charge is 2.19. The van der Waals surface area contributed by atoms with Crippen LogP contribution in [0, 0.1) is 11.3 Å². The summed E-state index contributed by atoms with van der Waals surface area (Å²) in [6.45, 7) is 8.60. The minimum absolute atomic E-state index is 0.173. The third kappa shape index (κ3) is 6.38. The van der Waals surface area contributed by atoms with Crippen molar-refractivity contribution in [1.82, 2.24) is 0 Å². The highest BCUT2D eigenvalue weighted by Crippen LogP contribution is 2.13. The van der Waals surface area contributed by atoms with Gasteiger partial charge in [0.2, 0.25) is 0 Å². The van der Waals surface area contributed by atoms with Crippen LogP contribution >= 0.6 is 0 Å². The van der Waals surface area contributed by atoms with Gasteiger partial charge in [-0.1, -0.05) is 13.3 Å². The molecular formula is C9H19NOSi. The molecule has 0 aliphatic rings. The van der Waals surface area contributed by atoms with Crippen molar-refractivity contribution in [2.45, 2.75) is 51.9 Å². The van der Waals surface area contributed by atoms with Gasteiger partial charge in [0.25, 0.3) is 0 Å². The molecule has 0 N–H and O–H groups in total. The largest absolute Gasteiger partial charge is 0.414 e. The third-order valence-corrected chi connectivity index (χ3v) is 2.49. The van der Waals surface area contributed by atoms with E-state index in [0.717, 1.165) is 12.8 Å². The van der Waals surface area contributed by atoms with E-state index in [1.165, 1.54) is 0 Å². The lowest BCUT2D eigenvalue weighted by Crippen LogP contribution is -2.31. The Kier molecular flexibility index (Phi) is 5.19. The van der Waals surface area contributed by atoms with Crippen molar-refractivity contribution in [2.24, 2.45) is 0 Å². The summed E-state index contributed by atoms with van der Waals surface area (Å²) in [6.07, 6.45) is 2.82. The molecule has 1 atom stereocenters. The van der Waals surface area contributed by atoms with Crippen LogP contribution in [0.5, 0.6) is 0 Å². The molecule has 0 aromatic rings. The Balaban J connectivity index is 3.88. The molecule has 70 valence electrons. The maximum Gasteiger partial charge on any atom is 0.184 e. The Bertz CT molecular complexity index is 157. The molecule has 0 aliphatic heterocycles. The van der Waals surface area contributed by atoms with E-state index in [9.17, 15) is 0 Å². The Morgan fingerprint density at radius 3 is 2.33 bits per heavy atom. The van der Waals surface area contributed by atoms with Crippen molar-refractivity contribution in [1.29, 1.82) is 5.26 Å². The molecule has 0 fully saturated rings. The monoisotopic (exact) mass is 185 g/mol. The predicted octanol–water partition coefficient (Wildman–Crippen LogP) is 2.92. The van der Waals surface area contributed by atoms with Crippen LogP contribution in [0.25, 0.3) is 0 Å². The molecule has 0 bridgehead atoms. The van der Waals surface area contributed by atoms with Gasteiger partial charge in [-0.05, 0) is 26.1 Å². The lowest BCUT2D eigenvalue weighted by atomic mass is 10.2. The molecule has 0 spiro atoms. The van der Waals surface area contributed by atoms with Crippen LogP contribution in [0.15, 0.2) is 0 Å². The second-order valence-corrected chi connectivity index (χ2v) is 8.46. The van der Waals surface area contributed by atoms with Crippen molar-refractivity contribution in [3.05, 3.63) is 0 Å². The number of hydrogen-bond acceptors (Lipinski definition) is 2. The topological polar surface area (TPSA) is 33.0 Å². The molecule has 0 radical (unpaired) electrons. The zero-order valence-electron chi connectivity index (χ0n) is 8.55. The summed E-state index contributed by atoms with van der Waals surface area (Å²) in [5, 5.41) is 8.55. The second kappa shape index (κ2) is 5.34. The first kappa shape index (κ1) is 11.7. The van der Waals surface area contributed by atoms with E-state index >= 15 is 0 Å². The summed E-state index contributed by atoms with van der Waals surface area (Å²) in [6, 6.07) is 2.17. The quantitative estimate of drug-likeness (QED) is 0.617. The van der Waals surface area contributed by atoms with E-state index in [1.54, 1.807) is 0 Å². The van der Waals surface area contributed by atoms with E-state index in [2.05, 4.69) is 32.6 Å². The summed E-state index contributed by atoms with van der Waals surface area (Å²) in [4.78, 5) is 0. The molecule has 3 heteroatoms. The molecule has 0 aliphatic carbocycles. The molecule has 2 nitrogen and oxygen atoms in total. The van der Waals surface area contributed by atoms with Gasteiger partial charge >= 0.3 is 0 Å². The molecule has 0 saturated heterocycles. The van der Waals surface area contributed by atoms with Crippen molar-refractivity contribution >= 4 is 8.32 Å².